The summed E-state index contributed by atoms with van der Waals surface area (Å²) in [6.07, 6.45) is -0.0874. The molecule has 1 aromatic rings. The monoisotopic (exact) mass is 234 g/mol. The van der Waals surface area contributed by atoms with Crippen molar-refractivity contribution in [3.63, 3.8) is 0 Å². The molecule has 16 heavy (non-hydrogen) atoms. The van der Waals surface area contributed by atoms with Crippen LogP contribution in [-0.4, -0.2) is 0 Å². The second kappa shape index (κ2) is 4.07. The summed E-state index contributed by atoms with van der Waals surface area (Å²) in [5.41, 5.74) is -2.06. The Hall–Kier alpha value is -1.06. The van der Waals surface area contributed by atoms with E-state index in [0.717, 1.165) is 0 Å². The van der Waals surface area contributed by atoms with Gasteiger partial charge in [0.15, 0.2) is 23.3 Å². The summed E-state index contributed by atoms with van der Waals surface area (Å²) in [4.78, 5) is 0. The lowest BCUT2D eigenvalue weighted by molar-refractivity contribution is 0.395. The predicted octanol–water partition coefficient (Wildman–Crippen LogP) is 4.10. The van der Waals surface area contributed by atoms with E-state index in [-0.39, 0.29) is 6.42 Å². The van der Waals surface area contributed by atoms with Gasteiger partial charge < -0.3 is 0 Å². The Kier molecular flexibility index (Phi) is 3.31. The van der Waals surface area contributed by atoms with Crippen molar-refractivity contribution in [3.8, 4) is 0 Å². The van der Waals surface area contributed by atoms with Crippen molar-refractivity contribution < 1.29 is 17.6 Å². The molecule has 0 aliphatic heterocycles. The van der Waals surface area contributed by atoms with Gasteiger partial charge in [0.2, 0.25) is 0 Å². The van der Waals surface area contributed by atoms with Crippen LogP contribution in [0, 0.1) is 23.3 Å². The van der Waals surface area contributed by atoms with E-state index in [1.165, 1.54) is 27.7 Å². The maximum absolute atomic E-state index is 13.6. The minimum absolute atomic E-state index is 0.0874. The van der Waals surface area contributed by atoms with E-state index in [0.29, 0.717) is 0 Å². The first kappa shape index (κ1) is 13.0. The van der Waals surface area contributed by atoms with Crippen LogP contribution in [0.25, 0.3) is 0 Å². The van der Waals surface area contributed by atoms with Gasteiger partial charge in [-0.2, -0.15) is 0 Å². The zero-order valence-corrected chi connectivity index (χ0v) is 9.72. The molecule has 1 rings (SSSR count). The Morgan fingerprint density at radius 1 is 0.812 bits per heavy atom. The average molecular weight is 234 g/mol. The maximum atomic E-state index is 13.6. The first-order valence-electron chi connectivity index (χ1n) is 5.07. The zero-order valence-electron chi connectivity index (χ0n) is 9.72. The molecule has 0 N–H and O–H groups in total. The third kappa shape index (κ3) is 1.93. The molecular formula is C12H14F4. The van der Waals surface area contributed by atoms with Crippen LogP contribution < -0.4 is 0 Å². The van der Waals surface area contributed by atoms with Crippen LogP contribution in [0.4, 0.5) is 17.6 Å². The largest absolute Gasteiger partial charge is 0.203 e. The highest BCUT2D eigenvalue weighted by Crippen LogP contribution is 2.32. The molecule has 0 unspecified atom stereocenters. The number of hydrogen-bond acceptors (Lipinski definition) is 0. The van der Waals surface area contributed by atoms with Crippen LogP contribution in [0.2, 0.25) is 0 Å². The predicted molar refractivity (Wildman–Crippen MR) is 54.4 cm³/mol. The molecule has 0 aliphatic rings. The number of hydrogen-bond donors (Lipinski definition) is 0. The molecule has 0 aromatic heterocycles. The SMILES string of the molecule is CCc1c(F)c(F)c(C(C)(C)C)c(F)c1F. The van der Waals surface area contributed by atoms with Crippen molar-refractivity contribution in [2.24, 2.45) is 0 Å². The molecule has 0 spiro atoms. The molecule has 1 aromatic carbocycles. The zero-order chi connectivity index (χ0) is 12.7. The van der Waals surface area contributed by atoms with E-state index >= 15 is 0 Å². The fourth-order valence-electron chi connectivity index (χ4n) is 1.65. The smallest absolute Gasteiger partial charge is 0.165 e. The third-order valence-corrected chi connectivity index (χ3v) is 2.46. The molecule has 0 saturated carbocycles. The van der Waals surface area contributed by atoms with Crippen LogP contribution in [0.1, 0.15) is 38.8 Å². The van der Waals surface area contributed by atoms with Gasteiger partial charge in [-0.3, -0.25) is 0 Å². The Morgan fingerprint density at radius 2 is 1.19 bits per heavy atom. The molecule has 0 nitrogen and oxygen atoms in total. The standard InChI is InChI=1S/C12H14F4/c1-5-6-8(13)10(15)7(12(2,3)4)11(16)9(6)14/h5H2,1-4H3. The summed E-state index contributed by atoms with van der Waals surface area (Å²) in [6, 6.07) is 0. The van der Waals surface area contributed by atoms with Gasteiger partial charge in [-0.1, -0.05) is 27.7 Å². The molecule has 0 amide bonds. The molecule has 0 bridgehead atoms. The van der Waals surface area contributed by atoms with Crippen LogP contribution in [0.15, 0.2) is 0 Å². The van der Waals surface area contributed by atoms with Gasteiger partial charge in [0.25, 0.3) is 0 Å². The quantitative estimate of drug-likeness (QED) is 0.507. The Morgan fingerprint density at radius 3 is 1.44 bits per heavy atom. The second-order valence-electron chi connectivity index (χ2n) is 4.71. The highest BCUT2D eigenvalue weighted by molar-refractivity contribution is 5.34. The highest BCUT2D eigenvalue weighted by atomic mass is 19.2. The van der Waals surface area contributed by atoms with Crippen molar-refractivity contribution in [3.05, 3.63) is 34.4 Å². The van der Waals surface area contributed by atoms with Gasteiger partial charge in [-0.25, -0.2) is 17.6 Å². The van der Waals surface area contributed by atoms with Gasteiger partial charge in [0.05, 0.1) is 0 Å². The molecule has 0 aliphatic carbocycles. The number of rotatable bonds is 1. The lowest BCUT2D eigenvalue weighted by Crippen LogP contribution is -2.20. The topological polar surface area (TPSA) is 0 Å². The Labute approximate surface area is 92.3 Å². The molecule has 4 heteroatoms. The van der Waals surface area contributed by atoms with Gasteiger partial charge in [-0.05, 0) is 11.8 Å². The van der Waals surface area contributed by atoms with E-state index in [1.54, 1.807) is 0 Å². The maximum Gasteiger partial charge on any atom is 0.165 e. The minimum Gasteiger partial charge on any atom is -0.203 e. The number of halogens is 4. The van der Waals surface area contributed by atoms with Crippen molar-refractivity contribution in [2.75, 3.05) is 0 Å². The molecule has 0 fully saturated rings. The first-order valence-corrected chi connectivity index (χ1v) is 5.07. The van der Waals surface area contributed by atoms with Crippen molar-refractivity contribution in [1.82, 2.24) is 0 Å². The number of benzene rings is 1. The average Bonchev–Trinajstić information content (AvgIpc) is 2.14. The van der Waals surface area contributed by atoms with Crippen molar-refractivity contribution >= 4 is 0 Å². The van der Waals surface area contributed by atoms with Crippen molar-refractivity contribution in [2.45, 2.75) is 39.5 Å². The van der Waals surface area contributed by atoms with E-state index in [1.807, 2.05) is 0 Å². The lowest BCUT2D eigenvalue weighted by atomic mass is 9.85. The lowest BCUT2D eigenvalue weighted by Gasteiger charge is -2.22. The molecule has 0 atom stereocenters. The molecule has 90 valence electrons. The molecular weight excluding hydrogens is 220 g/mol. The van der Waals surface area contributed by atoms with Gasteiger partial charge >= 0.3 is 0 Å². The van der Waals surface area contributed by atoms with Gasteiger partial charge in [0.1, 0.15) is 0 Å². The van der Waals surface area contributed by atoms with E-state index in [4.69, 9.17) is 0 Å². The Bertz CT molecular complexity index is 387. The summed E-state index contributed by atoms with van der Waals surface area (Å²) in [5.74, 6) is -5.15. The van der Waals surface area contributed by atoms with Gasteiger partial charge in [-0.15, -0.1) is 0 Å². The highest BCUT2D eigenvalue weighted by Gasteiger charge is 2.30. The van der Waals surface area contributed by atoms with Gasteiger partial charge in [0, 0.05) is 11.1 Å². The molecule has 0 radical (unpaired) electrons. The van der Waals surface area contributed by atoms with Crippen molar-refractivity contribution in [1.29, 1.82) is 0 Å². The van der Waals surface area contributed by atoms with E-state index < -0.39 is 39.8 Å². The summed E-state index contributed by atoms with van der Waals surface area (Å²) >= 11 is 0. The fourth-order valence-corrected chi connectivity index (χ4v) is 1.65. The van der Waals surface area contributed by atoms with E-state index in [9.17, 15) is 17.6 Å². The summed E-state index contributed by atoms with van der Waals surface area (Å²) in [5, 5.41) is 0. The van der Waals surface area contributed by atoms with E-state index in [2.05, 4.69) is 0 Å². The van der Waals surface area contributed by atoms with Crippen LogP contribution in [-0.2, 0) is 11.8 Å². The summed E-state index contributed by atoms with van der Waals surface area (Å²) in [7, 11) is 0. The second-order valence-corrected chi connectivity index (χ2v) is 4.71. The Balaban J connectivity index is 3.67. The van der Waals surface area contributed by atoms with Crippen LogP contribution >= 0.6 is 0 Å². The fraction of sp³-hybridized carbons (Fsp3) is 0.500. The minimum atomic E-state index is -1.29. The third-order valence-electron chi connectivity index (χ3n) is 2.46. The van der Waals surface area contributed by atoms with Crippen LogP contribution in [0.3, 0.4) is 0 Å². The summed E-state index contributed by atoms with van der Waals surface area (Å²) in [6.45, 7) is 5.94. The molecule has 0 saturated heterocycles. The molecule has 0 heterocycles. The normalized spacial score (nSPS) is 12.0. The van der Waals surface area contributed by atoms with Crippen LogP contribution in [0.5, 0.6) is 0 Å². The summed E-state index contributed by atoms with van der Waals surface area (Å²) < 4.78 is 54.1. The first-order chi connectivity index (χ1) is 7.21.